The van der Waals surface area contributed by atoms with Crippen molar-refractivity contribution >= 4 is 0 Å². The van der Waals surface area contributed by atoms with Crippen LogP contribution in [-0.2, 0) is 0 Å². The average molecular weight is 386 g/mol. The Kier molecular flexibility index (Phi) is 5.07. The first-order valence-electron chi connectivity index (χ1n) is 7.45. The molecule has 0 saturated heterocycles. The number of ether oxygens (including phenoxy) is 1. The van der Waals surface area contributed by atoms with E-state index in [0.29, 0.717) is 12.1 Å². The Morgan fingerprint density at radius 2 is 1.07 bits per heavy atom. The smallest absolute Gasteiger partial charge is 0.387 e. The molecular formula is C19H9F7O. The lowest BCUT2D eigenvalue weighted by atomic mass is 9.99. The molecule has 1 nitrogen and oxygen atoms in total. The molecule has 0 atom stereocenters. The van der Waals surface area contributed by atoms with Gasteiger partial charge in [0.15, 0.2) is 17.4 Å². The summed E-state index contributed by atoms with van der Waals surface area (Å²) in [4.78, 5) is 0. The Hall–Kier alpha value is -3.03. The molecule has 140 valence electrons. The van der Waals surface area contributed by atoms with Crippen molar-refractivity contribution in [3.63, 3.8) is 0 Å². The van der Waals surface area contributed by atoms with Crippen molar-refractivity contribution in [2.45, 2.75) is 6.61 Å². The monoisotopic (exact) mass is 386 g/mol. The minimum atomic E-state index is -3.39. The lowest BCUT2D eigenvalue weighted by Gasteiger charge is -2.10. The van der Waals surface area contributed by atoms with E-state index in [4.69, 9.17) is 0 Å². The maximum absolute atomic E-state index is 13.8. The van der Waals surface area contributed by atoms with Crippen LogP contribution < -0.4 is 4.74 Å². The van der Waals surface area contributed by atoms with Crippen molar-refractivity contribution in [2.24, 2.45) is 0 Å². The molecule has 0 N–H and O–H groups in total. The lowest BCUT2D eigenvalue weighted by Crippen LogP contribution is -2.06. The standard InChI is InChI=1S/C19H9F7O/c20-12-7-13(21)17(14(22)8-12)10-3-1-9(2-4-10)11-5-15(23)18(16(24)6-11)27-19(25)26/h1-8,19H. The van der Waals surface area contributed by atoms with Gasteiger partial charge in [-0.25, -0.2) is 22.0 Å². The first kappa shape index (κ1) is 18.8. The van der Waals surface area contributed by atoms with Gasteiger partial charge in [0.05, 0.1) is 5.56 Å². The minimum absolute atomic E-state index is 0.00165. The summed E-state index contributed by atoms with van der Waals surface area (Å²) in [7, 11) is 0. The molecule has 0 unspecified atom stereocenters. The maximum Gasteiger partial charge on any atom is 0.387 e. The molecule has 3 aromatic rings. The van der Waals surface area contributed by atoms with Crippen LogP contribution >= 0.6 is 0 Å². The zero-order chi connectivity index (χ0) is 19.7. The Morgan fingerprint density at radius 1 is 0.593 bits per heavy atom. The van der Waals surface area contributed by atoms with E-state index in [1.807, 2.05) is 0 Å². The van der Waals surface area contributed by atoms with E-state index < -0.39 is 47.0 Å². The zero-order valence-electron chi connectivity index (χ0n) is 13.3. The molecule has 0 spiro atoms. The first-order chi connectivity index (χ1) is 12.8. The third-order valence-corrected chi connectivity index (χ3v) is 3.72. The van der Waals surface area contributed by atoms with E-state index in [-0.39, 0.29) is 16.7 Å². The molecule has 0 fully saturated rings. The number of alkyl halides is 2. The fraction of sp³-hybridized carbons (Fsp3) is 0.0526. The molecule has 0 aliphatic rings. The predicted molar refractivity (Wildman–Crippen MR) is 83.7 cm³/mol. The summed E-state index contributed by atoms with van der Waals surface area (Å²) in [5, 5.41) is 0. The Balaban J connectivity index is 1.97. The zero-order valence-corrected chi connectivity index (χ0v) is 13.3. The first-order valence-corrected chi connectivity index (χ1v) is 7.45. The molecule has 0 bridgehead atoms. The fourth-order valence-corrected chi connectivity index (χ4v) is 2.58. The SMILES string of the molecule is Fc1cc(F)c(-c2ccc(-c3cc(F)c(OC(F)F)c(F)c3)cc2)c(F)c1. The third-order valence-electron chi connectivity index (χ3n) is 3.72. The number of rotatable bonds is 4. The lowest BCUT2D eigenvalue weighted by molar-refractivity contribution is -0.0546. The second kappa shape index (κ2) is 7.30. The van der Waals surface area contributed by atoms with Crippen molar-refractivity contribution in [3.8, 4) is 28.0 Å². The van der Waals surface area contributed by atoms with E-state index in [1.54, 1.807) is 0 Å². The van der Waals surface area contributed by atoms with Gasteiger partial charge < -0.3 is 4.74 Å². The van der Waals surface area contributed by atoms with Crippen LogP contribution in [-0.4, -0.2) is 6.61 Å². The minimum Gasteiger partial charge on any atom is -0.429 e. The van der Waals surface area contributed by atoms with Crippen molar-refractivity contribution in [2.75, 3.05) is 0 Å². The van der Waals surface area contributed by atoms with Crippen molar-refractivity contribution in [1.82, 2.24) is 0 Å². The summed E-state index contributed by atoms with van der Waals surface area (Å²) < 4.78 is 96.4. The van der Waals surface area contributed by atoms with Crippen LogP contribution in [0.2, 0.25) is 0 Å². The van der Waals surface area contributed by atoms with Crippen LogP contribution in [0.25, 0.3) is 22.3 Å². The average Bonchev–Trinajstić information content (AvgIpc) is 2.57. The van der Waals surface area contributed by atoms with Crippen LogP contribution in [0, 0.1) is 29.1 Å². The summed E-state index contributed by atoms with van der Waals surface area (Å²) in [6, 6.07) is 7.81. The number of benzene rings is 3. The summed E-state index contributed by atoms with van der Waals surface area (Å²) in [5.41, 5.74) is -0.130. The van der Waals surface area contributed by atoms with Gasteiger partial charge in [-0.3, -0.25) is 0 Å². The predicted octanol–water partition coefficient (Wildman–Crippen LogP) is 6.32. The van der Waals surface area contributed by atoms with Gasteiger partial charge in [0, 0.05) is 12.1 Å². The third kappa shape index (κ3) is 3.89. The second-order valence-electron chi connectivity index (χ2n) is 5.47. The van der Waals surface area contributed by atoms with E-state index in [9.17, 15) is 30.7 Å². The molecule has 3 aromatic carbocycles. The Labute approximate surface area is 148 Å². The molecule has 0 radical (unpaired) electrons. The Morgan fingerprint density at radius 3 is 1.56 bits per heavy atom. The van der Waals surface area contributed by atoms with Gasteiger partial charge in [-0.15, -0.1) is 0 Å². The normalized spacial score (nSPS) is 11.1. The summed E-state index contributed by atoms with van der Waals surface area (Å²) in [6.45, 7) is -3.39. The molecule has 0 heterocycles. The summed E-state index contributed by atoms with van der Waals surface area (Å²) >= 11 is 0. The molecule has 3 rings (SSSR count). The van der Waals surface area contributed by atoms with Crippen molar-refractivity contribution < 1.29 is 35.5 Å². The largest absolute Gasteiger partial charge is 0.429 e. The van der Waals surface area contributed by atoms with Gasteiger partial charge in [0.25, 0.3) is 0 Å². The summed E-state index contributed by atoms with van der Waals surface area (Å²) in [5.74, 6) is -7.14. The highest BCUT2D eigenvalue weighted by Crippen LogP contribution is 2.32. The highest BCUT2D eigenvalue weighted by molar-refractivity contribution is 5.71. The maximum atomic E-state index is 13.8. The van der Waals surface area contributed by atoms with Crippen molar-refractivity contribution in [1.29, 1.82) is 0 Å². The topological polar surface area (TPSA) is 9.23 Å². The highest BCUT2D eigenvalue weighted by atomic mass is 19.3. The van der Waals surface area contributed by atoms with E-state index in [0.717, 1.165) is 12.1 Å². The van der Waals surface area contributed by atoms with Crippen LogP contribution in [0.1, 0.15) is 0 Å². The number of hydrogen-bond acceptors (Lipinski definition) is 1. The second-order valence-corrected chi connectivity index (χ2v) is 5.47. The van der Waals surface area contributed by atoms with E-state index in [2.05, 4.69) is 4.74 Å². The number of halogens is 7. The molecule has 0 amide bonds. The van der Waals surface area contributed by atoms with Crippen LogP contribution in [0.15, 0.2) is 48.5 Å². The van der Waals surface area contributed by atoms with Crippen LogP contribution in [0.3, 0.4) is 0 Å². The molecule has 0 saturated carbocycles. The van der Waals surface area contributed by atoms with Gasteiger partial charge in [-0.1, -0.05) is 24.3 Å². The molecule has 0 aliphatic carbocycles. The van der Waals surface area contributed by atoms with Gasteiger partial charge in [-0.2, -0.15) is 8.78 Å². The summed E-state index contributed by atoms with van der Waals surface area (Å²) in [6.07, 6.45) is 0. The molecular weight excluding hydrogens is 377 g/mol. The molecule has 8 heteroatoms. The highest BCUT2D eigenvalue weighted by Gasteiger charge is 2.18. The Bertz CT molecular complexity index is 938. The van der Waals surface area contributed by atoms with E-state index in [1.165, 1.54) is 24.3 Å². The molecule has 27 heavy (non-hydrogen) atoms. The molecule has 0 aliphatic heterocycles. The fourth-order valence-electron chi connectivity index (χ4n) is 2.58. The van der Waals surface area contributed by atoms with E-state index >= 15 is 0 Å². The quantitative estimate of drug-likeness (QED) is 0.477. The van der Waals surface area contributed by atoms with Gasteiger partial charge in [-0.05, 0) is 28.8 Å². The van der Waals surface area contributed by atoms with Gasteiger partial charge in [0.2, 0.25) is 0 Å². The van der Waals surface area contributed by atoms with Gasteiger partial charge in [0.1, 0.15) is 17.5 Å². The molecule has 0 aromatic heterocycles. The number of hydrogen-bond donors (Lipinski definition) is 0. The van der Waals surface area contributed by atoms with Gasteiger partial charge >= 0.3 is 6.61 Å². The van der Waals surface area contributed by atoms with Crippen molar-refractivity contribution in [3.05, 3.63) is 77.6 Å². The van der Waals surface area contributed by atoms with Crippen LogP contribution in [0.5, 0.6) is 5.75 Å². The van der Waals surface area contributed by atoms with Crippen LogP contribution in [0.4, 0.5) is 30.7 Å².